The second-order valence-corrected chi connectivity index (χ2v) is 10.0. The SMILES string of the molecule is CCSc1nnc(Sc2nc(COC)nc3scc(-c4ccccc4)c23)s1. The number of methoxy groups -OCH3 is 1. The van der Waals surface area contributed by atoms with Crippen molar-refractivity contribution in [2.75, 3.05) is 12.9 Å². The number of fused-ring (bicyclic) bond motifs is 1. The van der Waals surface area contributed by atoms with E-state index in [1.165, 1.54) is 0 Å². The predicted octanol–water partition coefficient (Wildman–Crippen LogP) is 5.62. The average molecular weight is 433 g/mol. The summed E-state index contributed by atoms with van der Waals surface area (Å²) >= 11 is 6.48. The van der Waals surface area contributed by atoms with Gasteiger partial charge in [-0.05, 0) is 23.1 Å². The highest BCUT2D eigenvalue weighted by Crippen LogP contribution is 2.41. The van der Waals surface area contributed by atoms with E-state index in [2.05, 4.69) is 39.6 Å². The van der Waals surface area contributed by atoms with Gasteiger partial charge in [0.2, 0.25) is 0 Å². The highest BCUT2D eigenvalue weighted by Gasteiger charge is 2.18. The lowest BCUT2D eigenvalue weighted by Gasteiger charge is -2.06. The number of nitrogens with zero attached hydrogens (tertiary/aromatic N) is 4. The Labute approximate surface area is 173 Å². The van der Waals surface area contributed by atoms with Gasteiger partial charge in [-0.2, -0.15) is 0 Å². The molecule has 0 bridgehead atoms. The van der Waals surface area contributed by atoms with Gasteiger partial charge >= 0.3 is 0 Å². The lowest BCUT2D eigenvalue weighted by atomic mass is 10.1. The van der Waals surface area contributed by atoms with Gasteiger partial charge in [0.1, 0.15) is 16.5 Å². The minimum atomic E-state index is 0.384. The highest BCUT2D eigenvalue weighted by molar-refractivity contribution is 8.03. The molecule has 4 rings (SSSR count). The molecule has 0 aliphatic heterocycles. The van der Waals surface area contributed by atoms with Gasteiger partial charge < -0.3 is 4.74 Å². The molecule has 0 amide bonds. The third-order valence-electron chi connectivity index (χ3n) is 3.64. The fraction of sp³-hybridized carbons (Fsp3) is 0.222. The molecule has 0 saturated carbocycles. The molecule has 0 fully saturated rings. The van der Waals surface area contributed by atoms with Crippen molar-refractivity contribution in [3.63, 3.8) is 0 Å². The highest BCUT2D eigenvalue weighted by atomic mass is 32.2. The summed E-state index contributed by atoms with van der Waals surface area (Å²) in [4.78, 5) is 10.4. The molecule has 3 aromatic heterocycles. The molecule has 0 N–H and O–H groups in total. The van der Waals surface area contributed by atoms with Crippen LogP contribution in [0.25, 0.3) is 21.3 Å². The number of benzene rings is 1. The van der Waals surface area contributed by atoms with E-state index >= 15 is 0 Å². The Hall–Kier alpha value is -1.52. The van der Waals surface area contributed by atoms with Crippen LogP contribution in [0, 0.1) is 0 Å². The Morgan fingerprint density at radius 2 is 1.89 bits per heavy atom. The van der Waals surface area contributed by atoms with E-state index in [1.807, 2.05) is 18.2 Å². The quantitative estimate of drug-likeness (QED) is 0.277. The van der Waals surface area contributed by atoms with Crippen LogP contribution in [0.5, 0.6) is 0 Å². The fourth-order valence-corrected chi connectivity index (χ4v) is 6.57. The van der Waals surface area contributed by atoms with Crippen LogP contribution in [-0.2, 0) is 11.3 Å². The second-order valence-electron chi connectivity index (χ2n) is 5.44. The topological polar surface area (TPSA) is 60.8 Å². The normalized spacial score (nSPS) is 11.3. The van der Waals surface area contributed by atoms with Gasteiger partial charge in [0.25, 0.3) is 0 Å². The minimum absolute atomic E-state index is 0.384. The van der Waals surface area contributed by atoms with Crippen LogP contribution in [-0.4, -0.2) is 33.0 Å². The smallest absolute Gasteiger partial charge is 0.181 e. The summed E-state index contributed by atoms with van der Waals surface area (Å²) in [7, 11) is 1.66. The second kappa shape index (κ2) is 8.66. The van der Waals surface area contributed by atoms with Crippen LogP contribution in [0.15, 0.2) is 49.4 Å². The monoisotopic (exact) mass is 432 g/mol. The van der Waals surface area contributed by atoms with Crippen LogP contribution in [0.1, 0.15) is 12.7 Å². The summed E-state index contributed by atoms with van der Waals surface area (Å²) in [5.74, 6) is 1.67. The number of hydrogen-bond acceptors (Lipinski definition) is 9. The summed E-state index contributed by atoms with van der Waals surface area (Å²) in [5.41, 5.74) is 2.31. The molecule has 5 nitrogen and oxygen atoms in total. The molecule has 1 aromatic carbocycles. The third-order valence-corrected chi connectivity index (χ3v) is 7.50. The largest absolute Gasteiger partial charge is 0.377 e. The van der Waals surface area contributed by atoms with E-state index in [0.717, 1.165) is 40.8 Å². The lowest BCUT2D eigenvalue weighted by molar-refractivity contribution is 0.177. The van der Waals surface area contributed by atoms with Crippen molar-refractivity contribution in [1.29, 1.82) is 0 Å². The summed E-state index contributed by atoms with van der Waals surface area (Å²) in [6, 6.07) is 10.3. The maximum atomic E-state index is 5.25. The molecule has 138 valence electrons. The zero-order valence-electron chi connectivity index (χ0n) is 14.7. The van der Waals surface area contributed by atoms with Gasteiger partial charge in [-0.3, -0.25) is 0 Å². The number of thiophene rings is 1. The van der Waals surface area contributed by atoms with Gasteiger partial charge in [-0.25, -0.2) is 9.97 Å². The van der Waals surface area contributed by atoms with Crippen molar-refractivity contribution in [2.24, 2.45) is 0 Å². The molecule has 0 aliphatic rings. The average Bonchev–Trinajstić information content (AvgIpc) is 3.30. The van der Waals surface area contributed by atoms with Crippen LogP contribution in [0.2, 0.25) is 0 Å². The van der Waals surface area contributed by atoms with Crippen molar-refractivity contribution >= 4 is 56.4 Å². The maximum absolute atomic E-state index is 5.25. The Kier molecular flexibility index (Phi) is 6.04. The first-order valence-corrected chi connectivity index (χ1v) is 11.7. The molecule has 0 unspecified atom stereocenters. The molecular weight excluding hydrogens is 416 g/mol. The number of aromatic nitrogens is 4. The molecular formula is C18H16N4OS4. The zero-order valence-corrected chi connectivity index (χ0v) is 18.0. The van der Waals surface area contributed by atoms with E-state index in [4.69, 9.17) is 9.72 Å². The van der Waals surface area contributed by atoms with Crippen molar-refractivity contribution in [3.8, 4) is 11.1 Å². The molecule has 0 atom stereocenters. The van der Waals surface area contributed by atoms with Gasteiger partial charge in [-0.15, -0.1) is 21.5 Å². The predicted molar refractivity (Wildman–Crippen MR) is 114 cm³/mol. The Morgan fingerprint density at radius 1 is 1.07 bits per heavy atom. The molecule has 0 saturated heterocycles. The molecule has 0 radical (unpaired) electrons. The Bertz CT molecular complexity index is 1050. The van der Waals surface area contributed by atoms with Gasteiger partial charge in [-0.1, -0.05) is 60.4 Å². The molecule has 9 heteroatoms. The van der Waals surface area contributed by atoms with E-state index in [1.54, 1.807) is 53.3 Å². The van der Waals surface area contributed by atoms with Crippen molar-refractivity contribution < 1.29 is 4.74 Å². The van der Waals surface area contributed by atoms with Crippen LogP contribution in [0.3, 0.4) is 0 Å². The maximum Gasteiger partial charge on any atom is 0.181 e. The number of hydrogen-bond donors (Lipinski definition) is 0. The Balaban J connectivity index is 1.81. The summed E-state index contributed by atoms with van der Waals surface area (Å²) < 4.78 is 7.12. The van der Waals surface area contributed by atoms with Crippen molar-refractivity contribution in [1.82, 2.24) is 20.2 Å². The first-order valence-electron chi connectivity index (χ1n) is 8.25. The van der Waals surface area contributed by atoms with E-state index in [-0.39, 0.29) is 0 Å². The van der Waals surface area contributed by atoms with Gasteiger partial charge in [0, 0.05) is 18.1 Å². The molecule has 0 spiro atoms. The fourth-order valence-electron chi connectivity index (χ4n) is 2.55. The van der Waals surface area contributed by atoms with E-state index < -0.39 is 0 Å². The first kappa shape index (κ1) is 18.8. The van der Waals surface area contributed by atoms with E-state index in [9.17, 15) is 0 Å². The summed E-state index contributed by atoms with van der Waals surface area (Å²) in [6.07, 6.45) is 0. The number of rotatable bonds is 7. The molecule has 3 heterocycles. The minimum Gasteiger partial charge on any atom is -0.377 e. The van der Waals surface area contributed by atoms with Gasteiger partial charge in [0.05, 0.1) is 5.39 Å². The van der Waals surface area contributed by atoms with Crippen LogP contribution in [0.4, 0.5) is 0 Å². The first-order chi connectivity index (χ1) is 13.3. The summed E-state index contributed by atoms with van der Waals surface area (Å²) in [6.45, 7) is 2.50. The van der Waals surface area contributed by atoms with E-state index in [0.29, 0.717) is 12.4 Å². The van der Waals surface area contributed by atoms with Gasteiger partial charge in [0.15, 0.2) is 14.5 Å². The van der Waals surface area contributed by atoms with Crippen molar-refractivity contribution in [2.45, 2.75) is 27.2 Å². The third kappa shape index (κ3) is 4.17. The van der Waals surface area contributed by atoms with Crippen molar-refractivity contribution in [3.05, 3.63) is 41.5 Å². The van der Waals surface area contributed by atoms with Crippen LogP contribution < -0.4 is 0 Å². The molecule has 27 heavy (non-hydrogen) atoms. The standard InChI is InChI=1S/C18H16N4OS4/c1-3-24-17-21-22-18(27-17)26-16-14-12(11-7-5-4-6-8-11)10-25-15(14)19-13(20-16)9-23-2/h4-8,10H,3,9H2,1-2H3. The number of thioether (sulfide) groups is 1. The number of ether oxygens (including phenoxy) is 1. The zero-order chi connectivity index (χ0) is 18.6. The molecule has 0 aliphatic carbocycles. The van der Waals surface area contributed by atoms with Crippen LogP contribution >= 0.6 is 46.2 Å². The lowest BCUT2D eigenvalue weighted by Crippen LogP contribution is -1.98. The molecule has 4 aromatic rings. The Morgan fingerprint density at radius 3 is 2.67 bits per heavy atom. The summed E-state index contributed by atoms with van der Waals surface area (Å²) in [5, 5.41) is 12.7.